The largest absolute Gasteiger partial charge is 0.497 e. The summed E-state index contributed by atoms with van der Waals surface area (Å²) in [7, 11) is 1.69. The summed E-state index contributed by atoms with van der Waals surface area (Å²) in [5.41, 5.74) is 3.61. The summed E-state index contributed by atoms with van der Waals surface area (Å²) in [5, 5.41) is 0. The van der Waals surface area contributed by atoms with E-state index >= 15 is 0 Å². The molecule has 0 aliphatic heterocycles. The first-order valence-corrected chi connectivity index (χ1v) is 10.8. The van der Waals surface area contributed by atoms with E-state index < -0.39 is 0 Å². The van der Waals surface area contributed by atoms with Crippen molar-refractivity contribution in [2.24, 2.45) is 0 Å². The fraction of sp³-hybridized carbons (Fsp3) is 0.286. The van der Waals surface area contributed by atoms with Crippen LogP contribution >= 0.6 is 0 Å². The van der Waals surface area contributed by atoms with Gasteiger partial charge in [-0.15, -0.1) is 6.58 Å². The fourth-order valence-corrected chi connectivity index (χ4v) is 3.45. The average Bonchev–Trinajstić information content (AvgIpc) is 2.84. The second-order valence-electron chi connectivity index (χ2n) is 7.61. The van der Waals surface area contributed by atoms with Gasteiger partial charge < -0.3 is 14.2 Å². The van der Waals surface area contributed by atoms with Crippen molar-refractivity contribution in [3.05, 3.63) is 114 Å². The van der Waals surface area contributed by atoms with Crippen molar-refractivity contribution in [1.29, 1.82) is 0 Å². The van der Waals surface area contributed by atoms with E-state index in [0.29, 0.717) is 13.2 Å². The summed E-state index contributed by atoms with van der Waals surface area (Å²) in [6.07, 6.45) is 4.52. The van der Waals surface area contributed by atoms with Gasteiger partial charge in [-0.3, -0.25) is 0 Å². The molecule has 3 aromatic rings. The van der Waals surface area contributed by atoms with Gasteiger partial charge in [-0.05, 0) is 41.7 Å². The minimum absolute atomic E-state index is 0.0585. The van der Waals surface area contributed by atoms with Crippen LogP contribution in [-0.2, 0) is 29.1 Å². The zero-order chi connectivity index (χ0) is 21.7. The summed E-state index contributed by atoms with van der Waals surface area (Å²) in [5.74, 6) is 0.877. The predicted octanol–water partition coefficient (Wildman–Crippen LogP) is 6.37. The molecule has 0 aliphatic rings. The molecule has 0 N–H and O–H groups in total. The van der Waals surface area contributed by atoms with Gasteiger partial charge in [0.15, 0.2) is 0 Å². The first-order chi connectivity index (χ1) is 15.3. The molecule has 3 aromatic carbocycles. The Kier molecular flexibility index (Phi) is 9.36. The molecule has 2 atom stereocenters. The van der Waals surface area contributed by atoms with Crippen LogP contribution in [-0.4, -0.2) is 19.3 Å². The highest BCUT2D eigenvalue weighted by atomic mass is 16.5. The molecular weight excluding hydrogens is 384 g/mol. The number of ether oxygens (including phenoxy) is 3. The summed E-state index contributed by atoms with van der Waals surface area (Å²) in [4.78, 5) is 0. The molecule has 0 aromatic heterocycles. The molecule has 0 fully saturated rings. The highest BCUT2D eigenvalue weighted by molar-refractivity contribution is 5.27. The van der Waals surface area contributed by atoms with Crippen molar-refractivity contribution in [3.8, 4) is 5.75 Å². The van der Waals surface area contributed by atoms with E-state index in [1.54, 1.807) is 7.11 Å². The SMILES string of the molecule is C=C[C@H](C[C@H](CCc1ccc(OC)cc1)OCc1ccccc1)OCc1ccccc1. The molecule has 0 heterocycles. The van der Waals surface area contributed by atoms with E-state index in [1.807, 2.05) is 54.6 Å². The van der Waals surface area contributed by atoms with Crippen LogP contribution < -0.4 is 4.74 Å². The molecule has 31 heavy (non-hydrogen) atoms. The molecule has 3 heteroatoms. The van der Waals surface area contributed by atoms with Crippen LogP contribution in [0.3, 0.4) is 0 Å². The first-order valence-electron chi connectivity index (χ1n) is 10.8. The van der Waals surface area contributed by atoms with Crippen molar-refractivity contribution >= 4 is 0 Å². The zero-order valence-electron chi connectivity index (χ0n) is 18.3. The van der Waals surface area contributed by atoms with Crippen LogP contribution in [0.5, 0.6) is 5.75 Å². The van der Waals surface area contributed by atoms with Crippen molar-refractivity contribution in [1.82, 2.24) is 0 Å². The summed E-state index contributed by atoms with van der Waals surface area (Å²) in [6, 6.07) is 28.8. The van der Waals surface area contributed by atoms with E-state index in [4.69, 9.17) is 14.2 Å². The van der Waals surface area contributed by atoms with E-state index in [2.05, 4.69) is 43.0 Å². The van der Waals surface area contributed by atoms with Gasteiger partial charge in [-0.2, -0.15) is 0 Å². The Labute approximate surface area is 186 Å². The highest BCUT2D eigenvalue weighted by Crippen LogP contribution is 2.19. The molecule has 0 saturated carbocycles. The van der Waals surface area contributed by atoms with Gasteiger partial charge in [0.2, 0.25) is 0 Å². The topological polar surface area (TPSA) is 27.7 Å². The van der Waals surface area contributed by atoms with Crippen molar-refractivity contribution in [3.63, 3.8) is 0 Å². The van der Waals surface area contributed by atoms with Crippen LogP contribution in [0.2, 0.25) is 0 Å². The third-order valence-corrected chi connectivity index (χ3v) is 5.31. The molecule has 0 radical (unpaired) electrons. The molecule has 162 valence electrons. The van der Waals surface area contributed by atoms with Gasteiger partial charge in [-0.1, -0.05) is 78.9 Å². The third kappa shape index (κ3) is 8.05. The average molecular weight is 417 g/mol. The standard InChI is InChI=1S/C28H32O3/c1-3-26(30-21-24-10-6-4-7-11-24)20-28(31-22-25-12-8-5-9-13-25)19-16-23-14-17-27(29-2)18-15-23/h3-15,17-18,26,28H,1,16,19-22H2,2H3/t26-,28+/m1/s1. The summed E-state index contributed by atoms with van der Waals surface area (Å²) >= 11 is 0. The third-order valence-electron chi connectivity index (χ3n) is 5.31. The van der Waals surface area contributed by atoms with Crippen LogP contribution in [0.1, 0.15) is 29.5 Å². The molecule has 0 saturated heterocycles. The van der Waals surface area contributed by atoms with Crippen LogP contribution in [0.4, 0.5) is 0 Å². The van der Waals surface area contributed by atoms with Gasteiger partial charge in [0, 0.05) is 6.42 Å². The van der Waals surface area contributed by atoms with Gasteiger partial charge in [0.05, 0.1) is 32.5 Å². The van der Waals surface area contributed by atoms with E-state index in [9.17, 15) is 0 Å². The van der Waals surface area contributed by atoms with Crippen molar-refractivity contribution < 1.29 is 14.2 Å². The summed E-state index contributed by atoms with van der Waals surface area (Å²) in [6.45, 7) is 5.15. The fourth-order valence-electron chi connectivity index (χ4n) is 3.45. The van der Waals surface area contributed by atoms with E-state index in [1.165, 1.54) is 11.1 Å². The second-order valence-corrected chi connectivity index (χ2v) is 7.61. The lowest BCUT2D eigenvalue weighted by atomic mass is 10.0. The van der Waals surface area contributed by atoms with Crippen LogP contribution in [0.25, 0.3) is 0 Å². The Bertz CT molecular complexity index is 875. The molecule has 0 amide bonds. The maximum atomic E-state index is 6.33. The van der Waals surface area contributed by atoms with Gasteiger partial charge >= 0.3 is 0 Å². The molecule has 0 spiro atoms. The Hall–Kier alpha value is -2.88. The minimum Gasteiger partial charge on any atom is -0.497 e. The van der Waals surface area contributed by atoms with Crippen LogP contribution in [0, 0.1) is 0 Å². The molecule has 0 unspecified atom stereocenters. The number of benzene rings is 3. The molecular formula is C28H32O3. The first kappa shape index (κ1) is 22.8. The Morgan fingerprint density at radius 2 is 1.32 bits per heavy atom. The lowest BCUT2D eigenvalue weighted by Crippen LogP contribution is -2.22. The smallest absolute Gasteiger partial charge is 0.118 e. The van der Waals surface area contributed by atoms with E-state index in [0.717, 1.165) is 30.6 Å². The highest BCUT2D eigenvalue weighted by Gasteiger charge is 2.16. The lowest BCUT2D eigenvalue weighted by Gasteiger charge is -2.23. The maximum Gasteiger partial charge on any atom is 0.118 e. The van der Waals surface area contributed by atoms with Crippen LogP contribution in [0.15, 0.2) is 97.6 Å². The van der Waals surface area contributed by atoms with E-state index in [-0.39, 0.29) is 12.2 Å². The zero-order valence-corrected chi connectivity index (χ0v) is 18.3. The number of rotatable bonds is 13. The quantitative estimate of drug-likeness (QED) is 0.303. The maximum absolute atomic E-state index is 6.33. The second kappa shape index (κ2) is 12.7. The Morgan fingerprint density at radius 3 is 1.87 bits per heavy atom. The molecule has 3 nitrogen and oxygen atoms in total. The molecule has 0 aliphatic carbocycles. The Morgan fingerprint density at radius 1 is 0.742 bits per heavy atom. The number of hydrogen-bond donors (Lipinski definition) is 0. The Balaban J connectivity index is 1.59. The monoisotopic (exact) mass is 416 g/mol. The van der Waals surface area contributed by atoms with Gasteiger partial charge in [-0.25, -0.2) is 0 Å². The van der Waals surface area contributed by atoms with Gasteiger partial charge in [0.25, 0.3) is 0 Å². The normalized spacial score (nSPS) is 12.8. The number of aryl methyl sites for hydroxylation is 1. The van der Waals surface area contributed by atoms with Crippen molar-refractivity contribution in [2.45, 2.75) is 44.7 Å². The van der Waals surface area contributed by atoms with Gasteiger partial charge in [0.1, 0.15) is 5.75 Å². The summed E-state index contributed by atoms with van der Waals surface area (Å²) < 4.78 is 17.7. The molecule has 3 rings (SSSR count). The predicted molar refractivity (Wildman–Crippen MR) is 126 cm³/mol. The van der Waals surface area contributed by atoms with Crippen molar-refractivity contribution in [2.75, 3.05) is 7.11 Å². The lowest BCUT2D eigenvalue weighted by molar-refractivity contribution is -0.0160. The minimum atomic E-state index is -0.0585. The number of hydrogen-bond acceptors (Lipinski definition) is 3. The number of methoxy groups -OCH3 is 1. The molecule has 0 bridgehead atoms.